The van der Waals surface area contributed by atoms with Crippen LogP contribution in [0.25, 0.3) is 0 Å². The van der Waals surface area contributed by atoms with E-state index in [9.17, 15) is 8.42 Å². The predicted octanol–water partition coefficient (Wildman–Crippen LogP) is 1.87. The van der Waals surface area contributed by atoms with Crippen LogP contribution in [-0.4, -0.2) is 44.1 Å². The molecule has 0 aliphatic carbocycles. The summed E-state index contributed by atoms with van der Waals surface area (Å²) in [5, 5.41) is 4.28. The fourth-order valence-corrected chi connectivity index (χ4v) is 4.88. The lowest BCUT2D eigenvalue weighted by atomic mass is 9.99. The van der Waals surface area contributed by atoms with Crippen LogP contribution in [0.5, 0.6) is 11.5 Å². The molecule has 8 nitrogen and oxygen atoms in total. The Morgan fingerprint density at radius 2 is 2.11 bits per heavy atom. The van der Waals surface area contributed by atoms with Gasteiger partial charge in [-0.15, -0.1) is 0 Å². The number of nitrogens with zero attached hydrogens (tertiary/aromatic N) is 2. The molecule has 0 amide bonds. The topological polar surface area (TPSA) is 91.7 Å². The smallest absolute Gasteiger partial charge is 0.244 e. The maximum atomic E-state index is 13.1. The first kappa shape index (κ1) is 18.3. The van der Waals surface area contributed by atoms with Crippen LogP contribution in [0.4, 0.5) is 0 Å². The van der Waals surface area contributed by atoms with E-state index in [0.717, 1.165) is 18.5 Å². The van der Waals surface area contributed by atoms with E-state index in [0.29, 0.717) is 32.0 Å². The lowest BCUT2D eigenvalue weighted by molar-refractivity contribution is -0.00449. The number of nitrogens with one attached hydrogen (secondary N) is 1. The van der Waals surface area contributed by atoms with Crippen LogP contribution in [0, 0.1) is 0 Å². The van der Waals surface area contributed by atoms with Gasteiger partial charge in [0.2, 0.25) is 10.0 Å². The molecule has 1 fully saturated rings. The number of rotatable bonds is 5. The third-order valence-corrected chi connectivity index (χ3v) is 6.27. The van der Waals surface area contributed by atoms with Crippen LogP contribution in [-0.2, 0) is 21.3 Å². The Kier molecular flexibility index (Phi) is 5.07. The van der Waals surface area contributed by atoms with Gasteiger partial charge in [-0.2, -0.15) is 5.10 Å². The first-order valence-corrected chi connectivity index (χ1v) is 10.6. The number of hydrogen-bond donors (Lipinski definition) is 1. The van der Waals surface area contributed by atoms with Crippen molar-refractivity contribution in [2.75, 3.05) is 19.8 Å². The molecule has 2 aliphatic heterocycles. The standard InChI is InChI=1S/C18H23N3O5S/c1-2-21-12-13(11-19-21)17-14(5-4-8-25-17)20-27(22,23)16-7-3-6-15-18(16)26-10-9-24-15/h3,6-7,11-12,14,17,20H,2,4-5,8-10H2,1H3/t14-,17+/m0/s1. The Hall–Kier alpha value is -2.10. The van der Waals surface area contributed by atoms with Crippen molar-refractivity contribution in [2.24, 2.45) is 0 Å². The SMILES string of the molecule is CCn1cc([C@H]2OCCC[C@@H]2NS(=O)(=O)c2cccc3c2OCCO3)cn1. The normalized spacial score (nSPS) is 22.6. The number of para-hydroxylation sites is 1. The molecule has 2 atom stereocenters. The molecule has 4 rings (SSSR count). The van der Waals surface area contributed by atoms with E-state index in [1.807, 2.05) is 13.1 Å². The molecule has 0 radical (unpaired) electrons. The van der Waals surface area contributed by atoms with E-state index in [2.05, 4.69) is 9.82 Å². The minimum Gasteiger partial charge on any atom is -0.486 e. The lowest BCUT2D eigenvalue weighted by Gasteiger charge is -2.32. The molecule has 2 aliphatic rings. The second-order valence-electron chi connectivity index (χ2n) is 6.57. The third-order valence-electron chi connectivity index (χ3n) is 4.75. The van der Waals surface area contributed by atoms with Crippen LogP contribution in [0.2, 0.25) is 0 Å². The van der Waals surface area contributed by atoms with E-state index >= 15 is 0 Å². The van der Waals surface area contributed by atoms with E-state index in [1.165, 1.54) is 6.07 Å². The average molecular weight is 393 g/mol. The summed E-state index contributed by atoms with van der Waals surface area (Å²) in [7, 11) is -3.80. The molecule has 9 heteroatoms. The zero-order valence-electron chi connectivity index (χ0n) is 15.1. The van der Waals surface area contributed by atoms with Gasteiger partial charge in [-0.1, -0.05) is 6.07 Å². The predicted molar refractivity (Wildman–Crippen MR) is 97.4 cm³/mol. The molecule has 1 saturated heterocycles. The lowest BCUT2D eigenvalue weighted by Crippen LogP contribution is -2.42. The number of aryl methyl sites for hydroxylation is 1. The summed E-state index contributed by atoms with van der Waals surface area (Å²) in [6.07, 6.45) is 4.75. The van der Waals surface area contributed by atoms with E-state index in [4.69, 9.17) is 14.2 Å². The molecular formula is C18H23N3O5S. The highest BCUT2D eigenvalue weighted by Gasteiger charge is 2.34. The van der Waals surface area contributed by atoms with Crippen molar-refractivity contribution >= 4 is 10.0 Å². The van der Waals surface area contributed by atoms with Gasteiger partial charge in [0.25, 0.3) is 0 Å². The van der Waals surface area contributed by atoms with Gasteiger partial charge in [0.15, 0.2) is 11.5 Å². The van der Waals surface area contributed by atoms with Crippen molar-refractivity contribution in [2.45, 2.75) is 43.4 Å². The zero-order chi connectivity index (χ0) is 18.9. The van der Waals surface area contributed by atoms with Crippen molar-refractivity contribution in [3.8, 4) is 11.5 Å². The van der Waals surface area contributed by atoms with Gasteiger partial charge >= 0.3 is 0 Å². The maximum absolute atomic E-state index is 13.1. The van der Waals surface area contributed by atoms with E-state index < -0.39 is 10.0 Å². The summed E-state index contributed by atoms with van der Waals surface area (Å²) in [5.41, 5.74) is 0.874. The molecule has 0 unspecified atom stereocenters. The van der Waals surface area contributed by atoms with Crippen LogP contribution >= 0.6 is 0 Å². The highest BCUT2D eigenvalue weighted by molar-refractivity contribution is 7.89. The second-order valence-corrected chi connectivity index (χ2v) is 8.25. The summed E-state index contributed by atoms with van der Waals surface area (Å²) in [6, 6.07) is 4.52. The number of benzene rings is 1. The van der Waals surface area contributed by atoms with Crippen molar-refractivity contribution < 1.29 is 22.6 Å². The van der Waals surface area contributed by atoms with Crippen molar-refractivity contribution in [1.29, 1.82) is 0 Å². The first-order chi connectivity index (χ1) is 13.1. The summed E-state index contributed by atoms with van der Waals surface area (Å²) >= 11 is 0. The molecule has 1 aromatic heterocycles. The molecule has 1 aromatic carbocycles. The number of fused-ring (bicyclic) bond motifs is 1. The van der Waals surface area contributed by atoms with Crippen LogP contribution in [0.3, 0.4) is 0 Å². The first-order valence-electron chi connectivity index (χ1n) is 9.13. The van der Waals surface area contributed by atoms with Crippen LogP contribution < -0.4 is 14.2 Å². The summed E-state index contributed by atoms with van der Waals surface area (Å²) < 4.78 is 47.8. The molecular weight excluding hydrogens is 370 g/mol. The highest BCUT2D eigenvalue weighted by atomic mass is 32.2. The Morgan fingerprint density at radius 1 is 1.26 bits per heavy atom. The monoisotopic (exact) mass is 393 g/mol. The molecule has 3 heterocycles. The number of sulfonamides is 1. The summed E-state index contributed by atoms with van der Waals surface area (Å²) in [6.45, 7) is 4.07. The van der Waals surface area contributed by atoms with Crippen LogP contribution in [0.15, 0.2) is 35.5 Å². The Balaban J connectivity index is 1.61. The minimum absolute atomic E-state index is 0.0910. The van der Waals surface area contributed by atoms with E-state index in [-0.39, 0.29) is 22.8 Å². The quantitative estimate of drug-likeness (QED) is 0.834. The van der Waals surface area contributed by atoms with Crippen LogP contribution in [0.1, 0.15) is 31.4 Å². The Morgan fingerprint density at radius 3 is 2.93 bits per heavy atom. The molecule has 146 valence electrons. The fourth-order valence-electron chi connectivity index (χ4n) is 3.45. The van der Waals surface area contributed by atoms with Gasteiger partial charge in [0, 0.05) is 24.9 Å². The molecule has 1 N–H and O–H groups in total. The third kappa shape index (κ3) is 3.67. The average Bonchev–Trinajstić information content (AvgIpc) is 3.17. The second kappa shape index (κ2) is 7.49. The molecule has 0 bridgehead atoms. The Labute approximate surface area is 158 Å². The number of ether oxygens (including phenoxy) is 3. The Bertz CT molecular complexity index is 911. The number of hydrogen-bond acceptors (Lipinski definition) is 6. The van der Waals surface area contributed by atoms with Gasteiger partial charge in [-0.05, 0) is 31.9 Å². The molecule has 0 saturated carbocycles. The molecule has 2 aromatic rings. The molecule has 27 heavy (non-hydrogen) atoms. The minimum atomic E-state index is -3.80. The van der Waals surface area contributed by atoms with Gasteiger partial charge in [-0.25, -0.2) is 13.1 Å². The summed E-state index contributed by atoms with van der Waals surface area (Å²) in [5.74, 6) is 0.716. The maximum Gasteiger partial charge on any atom is 0.244 e. The van der Waals surface area contributed by atoms with Crippen molar-refractivity contribution in [1.82, 2.24) is 14.5 Å². The molecule has 0 spiro atoms. The zero-order valence-corrected chi connectivity index (χ0v) is 15.9. The largest absolute Gasteiger partial charge is 0.486 e. The van der Waals surface area contributed by atoms with Gasteiger partial charge < -0.3 is 14.2 Å². The highest BCUT2D eigenvalue weighted by Crippen LogP contribution is 2.37. The number of aromatic nitrogens is 2. The van der Waals surface area contributed by atoms with Gasteiger partial charge in [0.1, 0.15) is 24.2 Å². The van der Waals surface area contributed by atoms with Crippen molar-refractivity contribution in [3.05, 3.63) is 36.2 Å². The fraction of sp³-hybridized carbons (Fsp3) is 0.500. The van der Waals surface area contributed by atoms with Gasteiger partial charge in [0.05, 0.1) is 12.2 Å². The summed E-state index contributed by atoms with van der Waals surface area (Å²) in [4.78, 5) is 0.0910. The van der Waals surface area contributed by atoms with Crippen molar-refractivity contribution in [3.63, 3.8) is 0 Å². The van der Waals surface area contributed by atoms with Gasteiger partial charge in [-0.3, -0.25) is 4.68 Å². The van der Waals surface area contributed by atoms with E-state index in [1.54, 1.807) is 23.0 Å².